The van der Waals surface area contributed by atoms with Crippen LogP contribution in [-0.2, 0) is 11.2 Å². The Morgan fingerprint density at radius 2 is 1.94 bits per heavy atom. The number of rotatable bonds is 3. The molecule has 0 heterocycles. The molecule has 5 heteroatoms. The maximum absolute atomic E-state index is 12.0. The molecule has 0 aromatic heterocycles. The maximum atomic E-state index is 12.0. The summed E-state index contributed by atoms with van der Waals surface area (Å²) in [6.45, 7) is 0. The molecular formula is C11H11F3O2. The van der Waals surface area contributed by atoms with Gasteiger partial charge in [-0.15, -0.1) is 0 Å². The molecule has 1 rings (SSSR count). The molecule has 0 amide bonds. The van der Waals surface area contributed by atoms with Crippen LogP contribution in [0, 0.1) is 0 Å². The first-order valence-corrected chi connectivity index (χ1v) is 4.67. The van der Waals surface area contributed by atoms with Crippen molar-refractivity contribution in [3.8, 4) is 0 Å². The first-order valence-electron chi connectivity index (χ1n) is 4.67. The molecule has 0 aliphatic carbocycles. The van der Waals surface area contributed by atoms with Crippen LogP contribution in [0.25, 0.3) is 0 Å². The molecule has 1 aromatic carbocycles. The van der Waals surface area contributed by atoms with Gasteiger partial charge in [0.1, 0.15) is 0 Å². The molecule has 1 aromatic rings. The second kappa shape index (κ2) is 5.01. The van der Waals surface area contributed by atoms with Crippen LogP contribution in [-0.4, -0.2) is 19.3 Å². The zero-order chi connectivity index (χ0) is 12.2. The van der Waals surface area contributed by atoms with E-state index in [0.29, 0.717) is 5.56 Å². The molecule has 0 N–H and O–H groups in total. The average molecular weight is 232 g/mol. The molecule has 0 aliphatic rings. The second-order valence-corrected chi connectivity index (χ2v) is 3.26. The third-order valence-electron chi connectivity index (χ3n) is 2.10. The molecule has 0 unspecified atom stereocenters. The van der Waals surface area contributed by atoms with Crippen molar-refractivity contribution in [2.24, 2.45) is 0 Å². The van der Waals surface area contributed by atoms with Crippen LogP contribution < -0.4 is 0 Å². The smallest absolute Gasteiger partial charge is 0.389 e. The van der Waals surface area contributed by atoms with Crippen molar-refractivity contribution in [3.63, 3.8) is 0 Å². The molecule has 0 atom stereocenters. The van der Waals surface area contributed by atoms with Gasteiger partial charge in [0, 0.05) is 6.42 Å². The molecule has 88 valence electrons. The van der Waals surface area contributed by atoms with Crippen LogP contribution in [0.15, 0.2) is 24.3 Å². The minimum absolute atomic E-state index is 0.189. The highest BCUT2D eigenvalue weighted by Crippen LogP contribution is 2.23. The molecule has 0 bridgehead atoms. The zero-order valence-electron chi connectivity index (χ0n) is 8.67. The third-order valence-corrected chi connectivity index (χ3v) is 2.10. The van der Waals surface area contributed by atoms with Gasteiger partial charge in [-0.1, -0.05) is 18.2 Å². The lowest BCUT2D eigenvalue weighted by Crippen LogP contribution is -2.11. The van der Waals surface area contributed by atoms with E-state index in [4.69, 9.17) is 0 Å². The Morgan fingerprint density at radius 3 is 2.50 bits per heavy atom. The highest BCUT2D eigenvalue weighted by Gasteiger charge is 2.27. The van der Waals surface area contributed by atoms with Gasteiger partial charge in [-0.3, -0.25) is 0 Å². The van der Waals surface area contributed by atoms with Gasteiger partial charge in [0.15, 0.2) is 0 Å². The number of carbonyl (C=O) groups excluding carboxylic acids is 1. The highest BCUT2D eigenvalue weighted by molar-refractivity contribution is 5.90. The SMILES string of the molecule is COC(=O)c1ccccc1CCC(F)(F)F. The first kappa shape index (κ1) is 12.5. The molecule has 0 saturated carbocycles. The number of ether oxygens (including phenoxy) is 1. The lowest BCUT2D eigenvalue weighted by Gasteiger charge is -2.09. The maximum Gasteiger partial charge on any atom is 0.389 e. The Balaban J connectivity index is 2.83. The number of methoxy groups -OCH3 is 1. The summed E-state index contributed by atoms with van der Waals surface area (Å²) in [5.41, 5.74) is 0.543. The fourth-order valence-corrected chi connectivity index (χ4v) is 1.32. The Morgan fingerprint density at radius 1 is 1.31 bits per heavy atom. The summed E-state index contributed by atoms with van der Waals surface area (Å²) in [5, 5.41) is 0. The van der Waals surface area contributed by atoms with Crippen molar-refractivity contribution in [2.75, 3.05) is 7.11 Å². The monoisotopic (exact) mass is 232 g/mol. The van der Waals surface area contributed by atoms with Crippen molar-refractivity contribution in [2.45, 2.75) is 19.0 Å². The second-order valence-electron chi connectivity index (χ2n) is 3.26. The van der Waals surface area contributed by atoms with Crippen LogP contribution in [0.3, 0.4) is 0 Å². The Kier molecular flexibility index (Phi) is 3.93. The van der Waals surface area contributed by atoms with E-state index in [1.807, 2.05) is 0 Å². The van der Waals surface area contributed by atoms with Gasteiger partial charge in [0.2, 0.25) is 0 Å². The summed E-state index contributed by atoms with van der Waals surface area (Å²) < 4.78 is 40.6. The molecule has 16 heavy (non-hydrogen) atoms. The van der Waals surface area contributed by atoms with Gasteiger partial charge in [-0.25, -0.2) is 4.79 Å². The Hall–Kier alpha value is -1.52. The van der Waals surface area contributed by atoms with E-state index in [1.165, 1.54) is 19.2 Å². The van der Waals surface area contributed by atoms with Gasteiger partial charge in [0.25, 0.3) is 0 Å². The van der Waals surface area contributed by atoms with Crippen LogP contribution in [0.4, 0.5) is 13.2 Å². The minimum atomic E-state index is -4.22. The van der Waals surface area contributed by atoms with Crippen LogP contribution in [0.5, 0.6) is 0 Å². The van der Waals surface area contributed by atoms with Crippen LogP contribution in [0.2, 0.25) is 0 Å². The summed E-state index contributed by atoms with van der Waals surface area (Å²) in [4.78, 5) is 11.3. The lowest BCUT2D eigenvalue weighted by atomic mass is 10.0. The van der Waals surface area contributed by atoms with Crippen LogP contribution >= 0.6 is 0 Å². The van der Waals surface area contributed by atoms with Gasteiger partial charge in [-0.2, -0.15) is 13.2 Å². The largest absolute Gasteiger partial charge is 0.465 e. The molecule has 0 aliphatic heterocycles. The fourth-order valence-electron chi connectivity index (χ4n) is 1.32. The van der Waals surface area contributed by atoms with E-state index in [0.717, 1.165) is 0 Å². The number of hydrogen-bond donors (Lipinski definition) is 0. The summed E-state index contributed by atoms with van der Waals surface area (Å²) in [6, 6.07) is 6.14. The topological polar surface area (TPSA) is 26.3 Å². The number of carbonyl (C=O) groups is 1. The van der Waals surface area contributed by atoms with Crippen molar-refractivity contribution in [1.29, 1.82) is 0 Å². The molecule has 0 spiro atoms. The standard InChI is InChI=1S/C11H11F3O2/c1-16-10(15)9-5-3-2-4-8(9)6-7-11(12,13)14/h2-5H,6-7H2,1H3. The van der Waals surface area contributed by atoms with Gasteiger partial charge < -0.3 is 4.74 Å². The predicted molar refractivity (Wildman–Crippen MR) is 52.2 cm³/mol. The van der Waals surface area contributed by atoms with E-state index in [2.05, 4.69) is 4.74 Å². The van der Waals surface area contributed by atoms with Crippen molar-refractivity contribution in [3.05, 3.63) is 35.4 Å². The van der Waals surface area contributed by atoms with Gasteiger partial charge >= 0.3 is 12.1 Å². The third kappa shape index (κ3) is 3.56. The zero-order valence-corrected chi connectivity index (χ0v) is 8.67. The van der Waals surface area contributed by atoms with Gasteiger partial charge in [-0.05, 0) is 18.1 Å². The summed E-state index contributed by atoms with van der Waals surface area (Å²) in [5.74, 6) is -0.613. The normalized spacial score (nSPS) is 11.2. The van der Waals surface area contributed by atoms with E-state index in [-0.39, 0.29) is 12.0 Å². The van der Waals surface area contributed by atoms with Gasteiger partial charge in [0.05, 0.1) is 12.7 Å². The summed E-state index contributed by atoms with van der Waals surface area (Å²) >= 11 is 0. The van der Waals surface area contributed by atoms with Crippen molar-refractivity contribution >= 4 is 5.97 Å². The molecule has 0 fully saturated rings. The number of esters is 1. The highest BCUT2D eigenvalue weighted by atomic mass is 19.4. The van der Waals surface area contributed by atoms with Crippen molar-refractivity contribution < 1.29 is 22.7 Å². The average Bonchev–Trinajstić information content (AvgIpc) is 2.25. The lowest BCUT2D eigenvalue weighted by molar-refractivity contribution is -0.134. The number of hydrogen-bond acceptors (Lipinski definition) is 2. The first-order chi connectivity index (χ1) is 7.44. The number of halogens is 3. The quantitative estimate of drug-likeness (QED) is 0.749. The number of benzene rings is 1. The molecule has 0 radical (unpaired) electrons. The minimum Gasteiger partial charge on any atom is -0.465 e. The fraction of sp³-hybridized carbons (Fsp3) is 0.364. The van der Waals surface area contributed by atoms with Crippen molar-refractivity contribution in [1.82, 2.24) is 0 Å². The Labute approximate surface area is 91.0 Å². The Bertz CT molecular complexity index is 372. The van der Waals surface area contributed by atoms with E-state index < -0.39 is 18.6 Å². The molecule has 2 nitrogen and oxygen atoms in total. The summed E-state index contributed by atoms with van der Waals surface area (Å²) in [7, 11) is 1.20. The molecule has 0 saturated heterocycles. The van der Waals surface area contributed by atoms with E-state index in [1.54, 1.807) is 12.1 Å². The summed E-state index contributed by atoms with van der Waals surface area (Å²) in [6.07, 6.45) is -5.38. The molecular weight excluding hydrogens is 221 g/mol. The predicted octanol–water partition coefficient (Wildman–Crippen LogP) is 2.97. The number of aryl methyl sites for hydroxylation is 1. The number of alkyl halides is 3. The van der Waals surface area contributed by atoms with E-state index in [9.17, 15) is 18.0 Å². The van der Waals surface area contributed by atoms with E-state index >= 15 is 0 Å². The van der Waals surface area contributed by atoms with Crippen LogP contribution in [0.1, 0.15) is 22.3 Å².